The molecule has 0 unspecified atom stereocenters. The molecule has 1 aliphatic heterocycles. The van der Waals surface area contributed by atoms with Gasteiger partial charge in [0.1, 0.15) is 11.2 Å². The van der Waals surface area contributed by atoms with Gasteiger partial charge in [0.05, 0.1) is 18.2 Å². The highest BCUT2D eigenvalue weighted by molar-refractivity contribution is 6.31. The van der Waals surface area contributed by atoms with Crippen molar-refractivity contribution in [3.63, 3.8) is 0 Å². The standard InChI is InChI=1S/C17H21ClFN3O3/c18-13-11-12(1-2-14(13)19)21-16(24)17(3-4-17)15(23)20-5-6-22-7-9-25-10-8-22/h1-2,11H,3-10H2,(H,20,23)(H,21,24). The van der Waals surface area contributed by atoms with Crippen molar-refractivity contribution in [3.05, 3.63) is 29.0 Å². The summed E-state index contributed by atoms with van der Waals surface area (Å²) in [4.78, 5) is 27.1. The zero-order chi connectivity index (χ0) is 17.9. The highest BCUT2D eigenvalue weighted by Gasteiger charge is 2.56. The normalized spacial score (nSPS) is 19.3. The Balaban J connectivity index is 1.50. The predicted molar refractivity (Wildman–Crippen MR) is 92.0 cm³/mol. The minimum absolute atomic E-state index is 0.0717. The lowest BCUT2D eigenvalue weighted by Gasteiger charge is -2.26. The minimum atomic E-state index is -1.02. The molecule has 0 aromatic heterocycles. The van der Waals surface area contributed by atoms with Crippen LogP contribution in [0, 0.1) is 11.2 Å². The summed E-state index contributed by atoms with van der Waals surface area (Å²) in [5, 5.41) is 5.44. The molecule has 136 valence electrons. The van der Waals surface area contributed by atoms with Gasteiger partial charge in [0.25, 0.3) is 0 Å². The maximum atomic E-state index is 13.2. The number of ether oxygens (including phenoxy) is 1. The van der Waals surface area contributed by atoms with Crippen molar-refractivity contribution in [1.82, 2.24) is 10.2 Å². The molecule has 1 aliphatic carbocycles. The van der Waals surface area contributed by atoms with E-state index in [1.54, 1.807) is 0 Å². The highest BCUT2D eigenvalue weighted by Crippen LogP contribution is 2.46. The summed E-state index contributed by atoms with van der Waals surface area (Å²) in [6.45, 7) is 4.36. The molecule has 25 heavy (non-hydrogen) atoms. The molecule has 1 saturated carbocycles. The molecular weight excluding hydrogens is 349 g/mol. The summed E-state index contributed by atoms with van der Waals surface area (Å²) in [6, 6.07) is 3.94. The third-order valence-corrected chi connectivity index (χ3v) is 4.90. The third-order valence-electron chi connectivity index (χ3n) is 4.61. The summed E-state index contributed by atoms with van der Waals surface area (Å²) in [5.74, 6) is -1.19. The van der Waals surface area contributed by atoms with Crippen molar-refractivity contribution < 1.29 is 18.7 Å². The number of nitrogens with one attached hydrogen (secondary N) is 2. The average Bonchev–Trinajstić information content (AvgIpc) is 3.41. The lowest BCUT2D eigenvalue weighted by atomic mass is 10.1. The first-order valence-electron chi connectivity index (χ1n) is 8.36. The van der Waals surface area contributed by atoms with Crippen molar-refractivity contribution in [2.24, 2.45) is 5.41 Å². The summed E-state index contributed by atoms with van der Waals surface area (Å²) < 4.78 is 18.5. The van der Waals surface area contributed by atoms with Crippen LogP contribution in [0.4, 0.5) is 10.1 Å². The first-order chi connectivity index (χ1) is 12.0. The van der Waals surface area contributed by atoms with Gasteiger partial charge in [-0.25, -0.2) is 4.39 Å². The van der Waals surface area contributed by atoms with Crippen LogP contribution >= 0.6 is 11.6 Å². The van der Waals surface area contributed by atoms with Gasteiger partial charge in [-0.3, -0.25) is 14.5 Å². The topological polar surface area (TPSA) is 70.7 Å². The minimum Gasteiger partial charge on any atom is -0.379 e. The SMILES string of the molecule is O=C(NCCN1CCOCC1)C1(C(=O)Nc2ccc(F)c(Cl)c2)CC1. The van der Waals surface area contributed by atoms with E-state index in [9.17, 15) is 14.0 Å². The van der Waals surface area contributed by atoms with Crippen LogP contribution in [-0.2, 0) is 14.3 Å². The zero-order valence-electron chi connectivity index (χ0n) is 13.8. The van der Waals surface area contributed by atoms with Crippen LogP contribution in [0.3, 0.4) is 0 Å². The van der Waals surface area contributed by atoms with Gasteiger partial charge in [-0.15, -0.1) is 0 Å². The fourth-order valence-electron chi connectivity index (χ4n) is 2.83. The van der Waals surface area contributed by atoms with Gasteiger partial charge in [-0.1, -0.05) is 11.6 Å². The van der Waals surface area contributed by atoms with Crippen LogP contribution in [0.25, 0.3) is 0 Å². The van der Waals surface area contributed by atoms with Crippen molar-refractivity contribution in [3.8, 4) is 0 Å². The lowest BCUT2D eigenvalue weighted by molar-refractivity contribution is -0.134. The largest absolute Gasteiger partial charge is 0.379 e. The molecule has 2 fully saturated rings. The molecular formula is C17H21ClFN3O3. The molecule has 0 bridgehead atoms. The Hall–Kier alpha value is -1.70. The van der Waals surface area contributed by atoms with Crippen molar-refractivity contribution in [1.29, 1.82) is 0 Å². The molecule has 0 atom stereocenters. The van der Waals surface area contributed by atoms with Gasteiger partial charge >= 0.3 is 0 Å². The number of halogens is 2. The van der Waals surface area contributed by atoms with Crippen molar-refractivity contribution >= 4 is 29.1 Å². The van der Waals surface area contributed by atoms with Gasteiger partial charge in [-0.2, -0.15) is 0 Å². The van der Waals surface area contributed by atoms with Gasteiger partial charge in [-0.05, 0) is 31.0 Å². The number of amides is 2. The van der Waals surface area contributed by atoms with E-state index in [-0.39, 0.29) is 16.8 Å². The average molecular weight is 370 g/mol. The number of hydrogen-bond acceptors (Lipinski definition) is 4. The smallest absolute Gasteiger partial charge is 0.240 e. The Morgan fingerprint density at radius 2 is 1.96 bits per heavy atom. The Kier molecular flexibility index (Phi) is 5.56. The number of morpholine rings is 1. The second kappa shape index (κ2) is 7.68. The molecule has 0 spiro atoms. The molecule has 6 nitrogen and oxygen atoms in total. The van der Waals surface area contributed by atoms with Crippen LogP contribution in [0.1, 0.15) is 12.8 Å². The molecule has 3 rings (SSSR count). The van der Waals surface area contributed by atoms with Gasteiger partial charge in [0.15, 0.2) is 0 Å². The van der Waals surface area contributed by atoms with E-state index in [0.29, 0.717) is 38.3 Å². The molecule has 2 amide bonds. The number of carbonyl (C=O) groups excluding carboxylic acids is 2. The summed E-state index contributed by atoms with van der Waals surface area (Å²) in [7, 11) is 0. The molecule has 1 aromatic rings. The third kappa shape index (κ3) is 4.29. The summed E-state index contributed by atoms with van der Waals surface area (Å²) in [6.07, 6.45) is 1.02. The van der Waals surface area contributed by atoms with Crippen LogP contribution in [-0.4, -0.2) is 56.1 Å². The van der Waals surface area contributed by atoms with Crippen LogP contribution in [0.5, 0.6) is 0 Å². The Morgan fingerprint density at radius 3 is 2.60 bits per heavy atom. The van der Waals surface area contributed by atoms with Gasteiger partial charge < -0.3 is 15.4 Å². The molecule has 1 aromatic carbocycles. The molecule has 8 heteroatoms. The number of benzene rings is 1. The number of hydrogen-bond donors (Lipinski definition) is 2. The Morgan fingerprint density at radius 1 is 1.24 bits per heavy atom. The summed E-state index contributed by atoms with van der Waals surface area (Å²) >= 11 is 5.71. The van der Waals surface area contributed by atoms with Gasteiger partial charge in [0.2, 0.25) is 11.8 Å². The molecule has 0 radical (unpaired) electrons. The van der Waals surface area contributed by atoms with Crippen LogP contribution in [0.15, 0.2) is 18.2 Å². The monoisotopic (exact) mass is 369 g/mol. The molecule has 1 saturated heterocycles. The number of rotatable bonds is 6. The van der Waals surface area contributed by atoms with Crippen molar-refractivity contribution in [2.45, 2.75) is 12.8 Å². The molecule has 1 heterocycles. The highest BCUT2D eigenvalue weighted by atomic mass is 35.5. The summed E-state index contributed by atoms with van der Waals surface area (Å²) in [5.41, 5.74) is -0.643. The first-order valence-corrected chi connectivity index (χ1v) is 8.74. The van der Waals surface area contributed by atoms with Crippen LogP contribution in [0.2, 0.25) is 5.02 Å². The number of anilines is 1. The van der Waals surface area contributed by atoms with E-state index in [1.807, 2.05) is 0 Å². The fourth-order valence-corrected chi connectivity index (χ4v) is 3.01. The second-order valence-corrected chi connectivity index (χ2v) is 6.78. The van der Waals surface area contributed by atoms with E-state index < -0.39 is 11.2 Å². The predicted octanol–water partition coefficient (Wildman–Crippen LogP) is 1.65. The van der Waals surface area contributed by atoms with E-state index in [4.69, 9.17) is 16.3 Å². The number of carbonyl (C=O) groups is 2. The number of nitrogens with zero attached hydrogens (tertiary/aromatic N) is 1. The fraction of sp³-hybridized carbons (Fsp3) is 0.529. The maximum absolute atomic E-state index is 13.2. The second-order valence-electron chi connectivity index (χ2n) is 6.38. The van der Waals surface area contributed by atoms with E-state index >= 15 is 0 Å². The van der Waals surface area contributed by atoms with E-state index in [1.165, 1.54) is 18.2 Å². The quantitative estimate of drug-likeness (QED) is 0.748. The van der Waals surface area contributed by atoms with Crippen LogP contribution < -0.4 is 10.6 Å². The molecule has 2 aliphatic rings. The zero-order valence-corrected chi connectivity index (χ0v) is 14.6. The van der Waals surface area contributed by atoms with E-state index in [0.717, 1.165) is 19.6 Å². The van der Waals surface area contributed by atoms with Gasteiger partial charge in [0, 0.05) is 31.9 Å². The first kappa shape index (κ1) is 18.1. The molecule has 2 N–H and O–H groups in total. The Labute approximate surface area is 150 Å². The van der Waals surface area contributed by atoms with E-state index in [2.05, 4.69) is 15.5 Å². The van der Waals surface area contributed by atoms with Crippen molar-refractivity contribution in [2.75, 3.05) is 44.7 Å². The maximum Gasteiger partial charge on any atom is 0.240 e. The Bertz CT molecular complexity index is 661. The lowest BCUT2D eigenvalue weighted by Crippen LogP contribution is -2.45.